The maximum Gasteiger partial charge on any atom is 0.0641 e. The Balaban J connectivity index is 2.19. The van der Waals surface area contributed by atoms with Crippen LogP contribution in [0.25, 0.3) is 0 Å². The van der Waals surface area contributed by atoms with E-state index in [2.05, 4.69) is 39.6 Å². The lowest BCUT2D eigenvalue weighted by Gasteiger charge is -2.23. The smallest absolute Gasteiger partial charge is 0.0641 e. The average Bonchev–Trinajstić information content (AvgIpc) is 2.46. The van der Waals surface area contributed by atoms with Crippen molar-refractivity contribution in [3.63, 3.8) is 0 Å². The van der Waals surface area contributed by atoms with E-state index in [-0.39, 0.29) is 0 Å². The lowest BCUT2D eigenvalue weighted by atomic mass is 10.2. The molecule has 15 heavy (non-hydrogen) atoms. The highest BCUT2D eigenvalue weighted by molar-refractivity contribution is 14.1. The average molecular weight is 318 g/mol. The summed E-state index contributed by atoms with van der Waals surface area (Å²) >= 11 is 2.28. The van der Waals surface area contributed by atoms with Gasteiger partial charge in [-0.3, -0.25) is 0 Å². The first-order valence-corrected chi connectivity index (χ1v) is 6.23. The summed E-state index contributed by atoms with van der Waals surface area (Å²) in [5.41, 5.74) is 8.02. The fourth-order valence-corrected chi connectivity index (χ4v) is 2.32. The lowest BCUT2D eigenvalue weighted by molar-refractivity contribution is 0.152. The second kappa shape index (κ2) is 5.03. The Morgan fingerprint density at radius 1 is 1.27 bits per heavy atom. The number of nitrogen functional groups attached to an aromatic ring is 1. The molecule has 3 nitrogen and oxygen atoms in total. The molecule has 0 aromatic heterocycles. The number of hydrogen-bond donors (Lipinski definition) is 1. The molecule has 0 unspecified atom stereocenters. The first-order chi connectivity index (χ1) is 7.27. The Hall–Kier alpha value is -0.490. The van der Waals surface area contributed by atoms with Gasteiger partial charge in [0, 0.05) is 23.3 Å². The van der Waals surface area contributed by atoms with E-state index in [4.69, 9.17) is 10.5 Å². The minimum Gasteiger partial charge on any atom is -0.397 e. The summed E-state index contributed by atoms with van der Waals surface area (Å²) in [6.07, 6.45) is 1.07. The molecule has 1 aromatic rings. The molecule has 1 aliphatic rings. The molecule has 2 rings (SSSR count). The number of hydrogen-bond acceptors (Lipinski definition) is 3. The van der Waals surface area contributed by atoms with Crippen molar-refractivity contribution in [3.05, 3.63) is 21.8 Å². The summed E-state index contributed by atoms with van der Waals surface area (Å²) in [7, 11) is 0. The third-order valence-corrected chi connectivity index (χ3v) is 3.22. The predicted molar refractivity (Wildman–Crippen MR) is 71.2 cm³/mol. The van der Waals surface area contributed by atoms with Crippen LogP contribution in [0.4, 0.5) is 11.4 Å². The molecular weight excluding hydrogens is 303 g/mol. The Morgan fingerprint density at radius 2 is 2.13 bits per heavy atom. The molecule has 0 aliphatic carbocycles. The summed E-state index contributed by atoms with van der Waals surface area (Å²) in [4.78, 5) is 2.30. The third-order valence-electron chi connectivity index (χ3n) is 2.55. The van der Waals surface area contributed by atoms with E-state index in [1.165, 1.54) is 3.57 Å². The second-order valence-electron chi connectivity index (χ2n) is 3.66. The van der Waals surface area contributed by atoms with E-state index >= 15 is 0 Å². The number of nitrogens with zero attached hydrogens (tertiary/aromatic N) is 1. The van der Waals surface area contributed by atoms with Crippen molar-refractivity contribution < 1.29 is 4.74 Å². The molecule has 1 saturated heterocycles. The van der Waals surface area contributed by atoms with Gasteiger partial charge in [0.15, 0.2) is 0 Å². The van der Waals surface area contributed by atoms with Crippen LogP contribution in [0.5, 0.6) is 0 Å². The van der Waals surface area contributed by atoms with Gasteiger partial charge in [-0.15, -0.1) is 0 Å². The zero-order chi connectivity index (χ0) is 10.7. The second-order valence-corrected chi connectivity index (χ2v) is 4.90. The van der Waals surface area contributed by atoms with E-state index in [1.54, 1.807) is 0 Å². The van der Waals surface area contributed by atoms with Gasteiger partial charge in [0.2, 0.25) is 0 Å². The summed E-state index contributed by atoms with van der Waals surface area (Å²) in [5.74, 6) is 0. The van der Waals surface area contributed by atoms with E-state index < -0.39 is 0 Å². The quantitative estimate of drug-likeness (QED) is 0.637. The fourth-order valence-electron chi connectivity index (χ4n) is 1.80. The Kier molecular flexibility index (Phi) is 3.69. The first kappa shape index (κ1) is 11.0. The van der Waals surface area contributed by atoms with Crippen molar-refractivity contribution in [3.8, 4) is 0 Å². The highest BCUT2D eigenvalue weighted by atomic mass is 127. The molecule has 0 spiro atoms. The van der Waals surface area contributed by atoms with E-state index in [1.807, 2.05) is 6.07 Å². The Labute approximate surface area is 104 Å². The van der Waals surface area contributed by atoms with Crippen molar-refractivity contribution in [2.45, 2.75) is 6.42 Å². The highest BCUT2D eigenvalue weighted by Gasteiger charge is 2.12. The molecule has 1 aliphatic heterocycles. The van der Waals surface area contributed by atoms with Gasteiger partial charge < -0.3 is 15.4 Å². The number of anilines is 2. The minimum absolute atomic E-state index is 0.797. The van der Waals surface area contributed by atoms with Crippen LogP contribution in [0.3, 0.4) is 0 Å². The van der Waals surface area contributed by atoms with Crippen molar-refractivity contribution in [2.24, 2.45) is 0 Å². The number of benzene rings is 1. The van der Waals surface area contributed by atoms with Crippen LogP contribution < -0.4 is 10.6 Å². The molecule has 2 N–H and O–H groups in total. The van der Waals surface area contributed by atoms with Crippen LogP contribution in [0.1, 0.15) is 6.42 Å². The van der Waals surface area contributed by atoms with E-state index in [0.29, 0.717) is 0 Å². The van der Waals surface area contributed by atoms with Crippen LogP contribution in [-0.4, -0.2) is 26.3 Å². The number of ether oxygens (including phenoxy) is 1. The van der Waals surface area contributed by atoms with E-state index in [9.17, 15) is 0 Å². The van der Waals surface area contributed by atoms with Gasteiger partial charge in [-0.1, -0.05) is 0 Å². The maximum absolute atomic E-state index is 6.02. The van der Waals surface area contributed by atoms with Crippen LogP contribution in [-0.2, 0) is 4.74 Å². The highest BCUT2D eigenvalue weighted by Crippen LogP contribution is 2.25. The number of halogens is 1. The molecule has 0 atom stereocenters. The summed E-state index contributed by atoms with van der Waals surface area (Å²) in [6.45, 7) is 3.63. The molecule has 0 amide bonds. The van der Waals surface area contributed by atoms with Crippen LogP contribution in [0, 0.1) is 3.57 Å². The maximum atomic E-state index is 6.02. The van der Waals surface area contributed by atoms with Gasteiger partial charge in [-0.2, -0.15) is 0 Å². The van der Waals surface area contributed by atoms with Crippen molar-refractivity contribution in [2.75, 3.05) is 36.9 Å². The molecule has 0 bridgehead atoms. The topological polar surface area (TPSA) is 38.5 Å². The molecule has 82 valence electrons. The molecule has 1 heterocycles. The Morgan fingerprint density at radius 3 is 2.93 bits per heavy atom. The zero-order valence-corrected chi connectivity index (χ0v) is 10.7. The van der Waals surface area contributed by atoms with Gasteiger partial charge in [0.05, 0.1) is 18.0 Å². The van der Waals surface area contributed by atoms with Crippen LogP contribution in [0.15, 0.2) is 18.2 Å². The van der Waals surface area contributed by atoms with Crippen molar-refractivity contribution >= 4 is 34.0 Å². The molecule has 1 aromatic carbocycles. The van der Waals surface area contributed by atoms with Gasteiger partial charge in [0.25, 0.3) is 0 Å². The standard InChI is InChI=1S/C11H15IN2O/c12-9-2-3-11(10(13)8-9)14-4-1-6-15-7-5-14/h2-3,8H,1,4-7,13H2. The first-order valence-electron chi connectivity index (χ1n) is 5.15. The zero-order valence-electron chi connectivity index (χ0n) is 8.58. The van der Waals surface area contributed by atoms with Gasteiger partial charge in [0.1, 0.15) is 0 Å². The molecular formula is C11H15IN2O. The molecule has 4 heteroatoms. The van der Waals surface area contributed by atoms with Crippen molar-refractivity contribution in [1.82, 2.24) is 0 Å². The SMILES string of the molecule is Nc1cc(I)ccc1N1CCCOCC1. The number of rotatable bonds is 1. The molecule has 0 saturated carbocycles. The predicted octanol–water partition coefficient (Wildman–Crippen LogP) is 2.10. The normalized spacial score (nSPS) is 17.5. The largest absolute Gasteiger partial charge is 0.397 e. The third kappa shape index (κ3) is 2.75. The summed E-state index contributed by atoms with van der Waals surface area (Å²) in [6, 6.07) is 6.21. The van der Waals surface area contributed by atoms with E-state index in [0.717, 1.165) is 44.1 Å². The number of nitrogens with two attached hydrogens (primary N) is 1. The van der Waals surface area contributed by atoms with Gasteiger partial charge in [-0.25, -0.2) is 0 Å². The molecule has 0 radical (unpaired) electrons. The summed E-state index contributed by atoms with van der Waals surface area (Å²) < 4.78 is 6.61. The Bertz CT molecular complexity index is 335. The fraction of sp³-hybridized carbons (Fsp3) is 0.455. The van der Waals surface area contributed by atoms with Crippen LogP contribution >= 0.6 is 22.6 Å². The van der Waals surface area contributed by atoms with Crippen LogP contribution in [0.2, 0.25) is 0 Å². The summed E-state index contributed by atoms with van der Waals surface area (Å²) in [5, 5.41) is 0. The van der Waals surface area contributed by atoms with Gasteiger partial charge in [-0.05, 0) is 47.2 Å². The monoisotopic (exact) mass is 318 g/mol. The molecule has 1 fully saturated rings. The van der Waals surface area contributed by atoms with Crippen molar-refractivity contribution in [1.29, 1.82) is 0 Å². The van der Waals surface area contributed by atoms with Gasteiger partial charge >= 0.3 is 0 Å². The lowest BCUT2D eigenvalue weighted by Crippen LogP contribution is -2.26. The minimum atomic E-state index is 0.797.